The summed E-state index contributed by atoms with van der Waals surface area (Å²) in [6.45, 7) is 5.21. The summed E-state index contributed by atoms with van der Waals surface area (Å²) in [5, 5.41) is 12.4. The third-order valence-corrected chi connectivity index (χ3v) is 3.96. The largest absolute Gasteiger partial charge is 0.478 e. The van der Waals surface area contributed by atoms with Gasteiger partial charge in [0, 0.05) is 18.8 Å². The lowest BCUT2D eigenvalue weighted by Crippen LogP contribution is -2.41. The minimum atomic E-state index is -1.02. The van der Waals surface area contributed by atoms with Gasteiger partial charge < -0.3 is 10.4 Å². The first-order valence-electron chi connectivity index (χ1n) is 6.94. The first-order chi connectivity index (χ1) is 9.58. The zero-order chi connectivity index (χ0) is 14.5. The number of piperidine rings is 1. The molecule has 1 atom stereocenters. The Kier molecular flexibility index (Phi) is 5.20. The number of carbonyl (C=O) groups is 1. The zero-order valence-electron chi connectivity index (χ0n) is 11.6. The lowest BCUT2D eigenvalue weighted by Gasteiger charge is -2.32. The van der Waals surface area contributed by atoms with Crippen molar-refractivity contribution in [1.82, 2.24) is 9.88 Å². The SMILES string of the molecule is CC(CNc1ncc(C(=O)O)cc1Cl)N1CCCCC1. The van der Waals surface area contributed by atoms with Gasteiger partial charge in [-0.1, -0.05) is 18.0 Å². The van der Waals surface area contributed by atoms with Gasteiger partial charge in [0.2, 0.25) is 0 Å². The first kappa shape index (κ1) is 15.1. The number of carboxylic acids is 1. The molecule has 20 heavy (non-hydrogen) atoms. The molecule has 1 unspecified atom stereocenters. The summed E-state index contributed by atoms with van der Waals surface area (Å²) in [5.74, 6) is -0.479. The predicted octanol–water partition coefficient (Wildman–Crippen LogP) is 2.72. The molecule has 0 aromatic carbocycles. The molecule has 1 saturated heterocycles. The summed E-state index contributed by atoms with van der Waals surface area (Å²) in [6, 6.07) is 1.83. The van der Waals surface area contributed by atoms with E-state index in [9.17, 15) is 4.79 Å². The van der Waals surface area contributed by atoms with Gasteiger partial charge in [0.1, 0.15) is 5.82 Å². The minimum absolute atomic E-state index is 0.102. The Morgan fingerprint density at radius 3 is 2.80 bits per heavy atom. The van der Waals surface area contributed by atoms with Gasteiger partial charge in [-0.15, -0.1) is 0 Å². The van der Waals surface area contributed by atoms with Crippen LogP contribution in [0.3, 0.4) is 0 Å². The summed E-state index contributed by atoms with van der Waals surface area (Å²) < 4.78 is 0. The highest BCUT2D eigenvalue weighted by Gasteiger charge is 2.17. The molecule has 1 aromatic rings. The van der Waals surface area contributed by atoms with Crippen LogP contribution in [0.25, 0.3) is 0 Å². The first-order valence-corrected chi connectivity index (χ1v) is 7.32. The zero-order valence-corrected chi connectivity index (χ0v) is 12.4. The molecule has 110 valence electrons. The number of aromatic nitrogens is 1. The highest BCUT2D eigenvalue weighted by Crippen LogP contribution is 2.20. The lowest BCUT2D eigenvalue weighted by molar-refractivity contribution is 0.0696. The summed E-state index contributed by atoms with van der Waals surface area (Å²) in [5.41, 5.74) is 0.102. The molecule has 1 aliphatic heterocycles. The van der Waals surface area contributed by atoms with E-state index in [-0.39, 0.29) is 5.56 Å². The quantitative estimate of drug-likeness (QED) is 0.875. The molecule has 0 aliphatic carbocycles. The van der Waals surface area contributed by atoms with Crippen LogP contribution in [0.15, 0.2) is 12.3 Å². The van der Waals surface area contributed by atoms with Crippen molar-refractivity contribution in [3.05, 3.63) is 22.8 Å². The Balaban J connectivity index is 1.91. The van der Waals surface area contributed by atoms with Crippen LogP contribution < -0.4 is 5.32 Å². The van der Waals surface area contributed by atoms with Crippen molar-refractivity contribution in [2.75, 3.05) is 25.0 Å². The van der Waals surface area contributed by atoms with Crippen LogP contribution in [0.5, 0.6) is 0 Å². The maximum absolute atomic E-state index is 10.8. The van der Waals surface area contributed by atoms with Gasteiger partial charge >= 0.3 is 5.97 Å². The van der Waals surface area contributed by atoms with E-state index in [1.54, 1.807) is 0 Å². The van der Waals surface area contributed by atoms with Crippen LogP contribution in [0.4, 0.5) is 5.82 Å². The molecular weight excluding hydrogens is 278 g/mol. The van der Waals surface area contributed by atoms with E-state index in [0.717, 1.165) is 19.6 Å². The number of nitrogens with one attached hydrogen (secondary N) is 1. The van der Waals surface area contributed by atoms with E-state index in [1.807, 2.05) is 0 Å². The maximum Gasteiger partial charge on any atom is 0.337 e. The molecule has 5 nitrogen and oxygen atoms in total. The number of likely N-dealkylation sites (tertiary alicyclic amines) is 1. The van der Waals surface area contributed by atoms with Crippen LogP contribution in [0.2, 0.25) is 5.02 Å². The third kappa shape index (κ3) is 3.84. The van der Waals surface area contributed by atoms with Crippen LogP contribution in [-0.2, 0) is 0 Å². The van der Waals surface area contributed by atoms with Gasteiger partial charge in [-0.25, -0.2) is 9.78 Å². The maximum atomic E-state index is 10.8. The smallest absolute Gasteiger partial charge is 0.337 e. The second-order valence-electron chi connectivity index (χ2n) is 5.19. The van der Waals surface area contributed by atoms with Crippen molar-refractivity contribution in [2.45, 2.75) is 32.2 Å². The molecule has 0 amide bonds. The van der Waals surface area contributed by atoms with Crippen molar-refractivity contribution >= 4 is 23.4 Å². The van der Waals surface area contributed by atoms with E-state index >= 15 is 0 Å². The molecule has 6 heteroatoms. The molecule has 1 aliphatic rings. The standard InChI is InChI=1S/C14H20ClN3O2/c1-10(18-5-3-2-4-6-18)8-16-13-12(15)7-11(9-17-13)14(19)20/h7,9-10H,2-6,8H2,1H3,(H,16,17)(H,19,20). The molecule has 0 saturated carbocycles. The number of hydrogen-bond acceptors (Lipinski definition) is 4. The number of anilines is 1. The second-order valence-corrected chi connectivity index (χ2v) is 5.59. The third-order valence-electron chi connectivity index (χ3n) is 3.67. The van der Waals surface area contributed by atoms with Gasteiger partial charge in [-0.3, -0.25) is 4.90 Å². The van der Waals surface area contributed by atoms with Crippen molar-refractivity contribution in [2.24, 2.45) is 0 Å². The molecule has 0 spiro atoms. The van der Waals surface area contributed by atoms with E-state index in [0.29, 0.717) is 16.9 Å². The van der Waals surface area contributed by atoms with Gasteiger partial charge in [0.25, 0.3) is 0 Å². The Morgan fingerprint density at radius 1 is 1.50 bits per heavy atom. The molecule has 1 fully saturated rings. The average molecular weight is 298 g/mol. The average Bonchev–Trinajstić information content (AvgIpc) is 2.46. The Bertz CT molecular complexity index is 475. The number of pyridine rings is 1. The molecule has 0 bridgehead atoms. The van der Waals surface area contributed by atoms with Crippen molar-refractivity contribution in [3.8, 4) is 0 Å². The number of nitrogens with zero attached hydrogens (tertiary/aromatic N) is 2. The fourth-order valence-corrected chi connectivity index (χ4v) is 2.65. The Labute approximate surface area is 123 Å². The van der Waals surface area contributed by atoms with Crippen molar-refractivity contribution < 1.29 is 9.90 Å². The Hall–Kier alpha value is -1.33. The predicted molar refractivity (Wildman–Crippen MR) is 79.6 cm³/mol. The van der Waals surface area contributed by atoms with Crippen LogP contribution in [-0.4, -0.2) is 46.6 Å². The van der Waals surface area contributed by atoms with E-state index in [1.165, 1.54) is 31.5 Å². The van der Waals surface area contributed by atoms with Gasteiger partial charge in [0.05, 0.1) is 10.6 Å². The molecule has 2 heterocycles. The van der Waals surface area contributed by atoms with Gasteiger partial charge in [0.15, 0.2) is 0 Å². The molecule has 0 radical (unpaired) electrons. The fourth-order valence-electron chi connectivity index (χ4n) is 2.42. The monoisotopic (exact) mass is 297 g/mol. The normalized spacial score (nSPS) is 17.7. The van der Waals surface area contributed by atoms with E-state index in [2.05, 4.69) is 22.1 Å². The van der Waals surface area contributed by atoms with Crippen LogP contribution in [0.1, 0.15) is 36.5 Å². The lowest BCUT2D eigenvalue weighted by atomic mass is 10.1. The number of hydrogen-bond donors (Lipinski definition) is 2. The highest BCUT2D eigenvalue weighted by molar-refractivity contribution is 6.33. The molecular formula is C14H20ClN3O2. The molecule has 2 rings (SSSR count). The summed E-state index contributed by atoms with van der Waals surface area (Å²) in [6.07, 6.45) is 5.16. The summed E-state index contributed by atoms with van der Waals surface area (Å²) in [4.78, 5) is 17.3. The highest BCUT2D eigenvalue weighted by atomic mass is 35.5. The fraction of sp³-hybridized carbons (Fsp3) is 0.571. The molecule has 1 aromatic heterocycles. The second kappa shape index (κ2) is 6.90. The van der Waals surface area contributed by atoms with Crippen LogP contribution >= 0.6 is 11.6 Å². The van der Waals surface area contributed by atoms with Gasteiger partial charge in [-0.2, -0.15) is 0 Å². The topological polar surface area (TPSA) is 65.5 Å². The summed E-state index contributed by atoms with van der Waals surface area (Å²) in [7, 11) is 0. The molecule has 2 N–H and O–H groups in total. The van der Waals surface area contributed by atoms with Gasteiger partial charge in [-0.05, 0) is 38.9 Å². The minimum Gasteiger partial charge on any atom is -0.478 e. The van der Waals surface area contributed by atoms with E-state index in [4.69, 9.17) is 16.7 Å². The van der Waals surface area contributed by atoms with Crippen LogP contribution in [0, 0.1) is 0 Å². The van der Waals surface area contributed by atoms with Crippen molar-refractivity contribution in [1.29, 1.82) is 0 Å². The van der Waals surface area contributed by atoms with Crippen molar-refractivity contribution in [3.63, 3.8) is 0 Å². The van der Waals surface area contributed by atoms with E-state index < -0.39 is 5.97 Å². The Morgan fingerprint density at radius 2 is 2.20 bits per heavy atom. The number of rotatable bonds is 5. The number of carboxylic acid groups (broad SMARTS) is 1. The summed E-state index contributed by atoms with van der Waals surface area (Å²) >= 11 is 6.04. The number of aromatic carboxylic acids is 1. The number of halogens is 1.